The maximum Gasteiger partial charge on any atom is 0.0872 e. The number of hydrogen-bond acceptors (Lipinski definition) is 4. The van der Waals surface area contributed by atoms with Crippen LogP contribution >= 0.6 is 34.5 Å². The summed E-state index contributed by atoms with van der Waals surface area (Å²) in [6.45, 7) is 4.11. The summed E-state index contributed by atoms with van der Waals surface area (Å²) in [5.41, 5.74) is 0.926. The molecule has 2 aromatic heterocycles. The van der Waals surface area contributed by atoms with Crippen molar-refractivity contribution in [2.75, 3.05) is 20.3 Å². The summed E-state index contributed by atoms with van der Waals surface area (Å²) in [4.78, 5) is 1.05. The fourth-order valence-corrected chi connectivity index (χ4v) is 3.54. The molecule has 4 nitrogen and oxygen atoms in total. The Kier molecular flexibility index (Phi) is 5.86. The molecule has 0 saturated carbocycles. The normalized spacial score (nSPS) is 12.8. The number of ether oxygens (including phenoxy) is 1. The number of methoxy groups -OCH3 is 1. The first-order valence-electron chi connectivity index (χ1n) is 6.35. The molecule has 1 N–H and O–H groups in total. The van der Waals surface area contributed by atoms with Crippen LogP contribution in [0.4, 0.5) is 0 Å². The van der Waals surface area contributed by atoms with Crippen molar-refractivity contribution in [2.45, 2.75) is 19.5 Å². The van der Waals surface area contributed by atoms with Crippen LogP contribution < -0.4 is 5.32 Å². The molecule has 0 aliphatic carbocycles. The zero-order valence-electron chi connectivity index (χ0n) is 11.4. The van der Waals surface area contributed by atoms with Gasteiger partial charge in [0.15, 0.2) is 0 Å². The van der Waals surface area contributed by atoms with Crippen molar-refractivity contribution in [3.8, 4) is 0 Å². The minimum Gasteiger partial charge on any atom is -0.383 e. The Morgan fingerprint density at radius 2 is 2.25 bits per heavy atom. The highest BCUT2D eigenvalue weighted by atomic mass is 35.5. The summed E-state index contributed by atoms with van der Waals surface area (Å²) in [5, 5.41) is 11.1. The van der Waals surface area contributed by atoms with Crippen LogP contribution in [0.25, 0.3) is 0 Å². The van der Waals surface area contributed by atoms with Gasteiger partial charge in [-0.05, 0) is 18.0 Å². The SMILES string of the molecule is CCNC(c1sccc1Cl)c1c(Cl)cnn1CCOC. The van der Waals surface area contributed by atoms with Crippen molar-refractivity contribution in [1.29, 1.82) is 0 Å². The van der Waals surface area contributed by atoms with Crippen LogP contribution in [0.3, 0.4) is 0 Å². The van der Waals surface area contributed by atoms with Crippen LogP contribution in [0, 0.1) is 0 Å². The van der Waals surface area contributed by atoms with E-state index in [0.717, 1.165) is 22.1 Å². The van der Waals surface area contributed by atoms with E-state index in [1.807, 2.05) is 16.1 Å². The maximum absolute atomic E-state index is 6.32. The molecule has 0 aromatic carbocycles. The van der Waals surface area contributed by atoms with Gasteiger partial charge in [0.2, 0.25) is 0 Å². The van der Waals surface area contributed by atoms with Crippen LogP contribution in [0.1, 0.15) is 23.5 Å². The van der Waals surface area contributed by atoms with Crippen LogP contribution in [-0.4, -0.2) is 30.0 Å². The van der Waals surface area contributed by atoms with Gasteiger partial charge in [-0.15, -0.1) is 11.3 Å². The molecule has 0 radical (unpaired) electrons. The molecule has 0 bridgehead atoms. The van der Waals surface area contributed by atoms with Gasteiger partial charge in [0.25, 0.3) is 0 Å². The Bertz CT molecular complexity index is 556. The fourth-order valence-electron chi connectivity index (χ4n) is 2.04. The van der Waals surface area contributed by atoms with Gasteiger partial charge in [0, 0.05) is 12.0 Å². The van der Waals surface area contributed by atoms with E-state index < -0.39 is 0 Å². The number of halogens is 2. The number of hydrogen-bond donors (Lipinski definition) is 1. The van der Waals surface area contributed by atoms with E-state index in [1.165, 1.54) is 0 Å². The summed E-state index contributed by atoms with van der Waals surface area (Å²) in [7, 11) is 1.67. The Hall–Kier alpha value is -0.590. The molecule has 110 valence electrons. The maximum atomic E-state index is 6.32. The summed E-state index contributed by atoms with van der Waals surface area (Å²) < 4.78 is 6.99. The average molecular weight is 334 g/mol. The molecule has 0 amide bonds. The topological polar surface area (TPSA) is 39.1 Å². The smallest absolute Gasteiger partial charge is 0.0872 e. The van der Waals surface area contributed by atoms with Crippen molar-refractivity contribution >= 4 is 34.5 Å². The molecular weight excluding hydrogens is 317 g/mol. The van der Waals surface area contributed by atoms with Gasteiger partial charge in [-0.1, -0.05) is 30.1 Å². The highest BCUT2D eigenvalue weighted by molar-refractivity contribution is 7.10. The number of rotatable bonds is 7. The lowest BCUT2D eigenvalue weighted by Crippen LogP contribution is -2.25. The summed E-state index contributed by atoms with van der Waals surface area (Å²) in [5.74, 6) is 0. The second kappa shape index (κ2) is 7.43. The van der Waals surface area contributed by atoms with Crippen molar-refractivity contribution < 1.29 is 4.74 Å². The molecule has 0 aliphatic rings. The Morgan fingerprint density at radius 3 is 2.85 bits per heavy atom. The molecule has 1 unspecified atom stereocenters. The minimum atomic E-state index is -0.0562. The quantitative estimate of drug-likeness (QED) is 0.841. The molecule has 2 aromatic rings. The van der Waals surface area contributed by atoms with Gasteiger partial charge in [0.05, 0.1) is 41.1 Å². The minimum absolute atomic E-state index is 0.0562. The first kappa shape index (κ1) is 15.8. The van der Waals surface area contributed by atoms with Crippen LogP contribution in [0.15, 0.2) is 17.6 Å². The molecule has 2 heterocycles. The van der Waals surface area contributed by atoms with E-state index in [9.17, 15) is 0 Å². The summed E-state index contributed by atoms with van der Waals surface area (Å²) in [6, 6.07) is 1.84. The monoisotopic (exact) mass is 333 g/mol. The van der Waals surface area contributed by atoms with Crippen LogP contribution in [0.2, 0.25) is 10.0 Å². The van der Waals surface area contributed by atoms with Crippen molar-refractivity contribution in [2.24, 2.45) is 0 Å². The van der Waals surface area contributed by atoms with Crippen molar-refractivity contribution in [3.05, 3.63) is 38.3 Å². The highest BCUT2D eigenvalue weighted by Crippen LogP contribution is 2.35. The number of nitrogens with zero attached hydrogens (tertiary/aromatic N) is 2. The van der Waals surface area contributed by atoms with E-state index in [1.54, 1.807) is 24.6 Å². The fraction of sp³-hybridized carbons (Fsp3) is 0.462. The van der Waals surface area contributed by atoms with Crippen molar-refractivity contribution in [1.82, 2.24) is 15.1 Å². The predicted molar refractivity (Wildman–Crippen MR) is 84.0 cm³/mol. The van der Waals surface area contributed by atoms with Crippen LogP contribution in [-0.2, 0) is 11.3 Å². The third-order valence-electron chi connectivity index (χ3n) is 2.93. The van der Waals surface area contributed by atoms with Crippen molar-refractivity contribution in [3.63, 3.8) is 0 Å². The molecule has 7 heteroatoms. The lowest BCUT2D eigenvalue weighted by atomic mass is 10.1. The first-order chi connectivity index (χ1) is 9.69. The number of aromatic nitrogens is 2. The van der Waals surface area contributed by atoms with E-state index in [0.29, 0.717) is 18.2 Å². The first-order valence-corrected chi connectivity index (χ1v) is 7.99. The molecule has 0 saturated heterocycles. The standard InChI is InChI=1S/C13H17Cl2N3OS/c1-3-16-11(13-9(14)4-7-20-13)12-10(15)8-17-18(12)5-6-19-2/h4,7-8,11,16H,3,5-6H2,1-2H3. The zero-order chi connectivity index (χ0) is 14.5. The Balaban J connectivity index is 2.39. The molecule has 0 fully saturated rings. The van der Waals surface area contributed by atoms with Gasteiger partial charge in [0.1, 0.15) is 0 Å². The van der Waals surface area contributed by atoms with Gasteiger partial charge in [-0.3, -0.25) is 4.68 Å². The summed E-state index contributed by atoms with van der Waals surface area (Å²) in [6.07, 6.45) is 1.67. The lowest BCUT2D eigenvalue weighted by molar-refractivity contribution is 0.182. The van der Waals surface area contributed by atoms with E-state index in [-0.39, 0.29) is 6.04 Å². The second-order valence-electron chi connectivity index (χ2n) is 4.22. The van der Waals surface area contributed by atoms with Gasteiger partial charge in [-0.25, -0.2) is 0 Å². The Labute approximate surface area is 132 Å². The predicted octanol–water partition coefficient (Wildman–Crippen LogP) is 3.60. The van der Waals surface area contributed by atoms with Gasteiger partial charge < -0.3 is 10.1 Å². The third-order valence-corrected chi connectivity index (χ3v) is 4.64. The van der Waals surface area contributed by atoms with Crippen LogP contribution in [0.5, 0.6) is 0 Å². The van der Waals surface area contributed by atoms with Gasteiger partial charge >= 0.3 is 0 Å². The molecule has 2 rings (SSSR count). The summed E-state index contributed by atoms with van der Waals surface area (Å²) >= 11 is 14.2. The lowest BCUT2D eigenvalue weighted by Gasteiger charge is -2.19. The number of thiophene rings is 1. The highest BCUT2D eigenvalue weighted by Gasteiger charge is 2.24. The van der Waals surface area contributed by atoms with Gasteiger partial charge in [-0.2, -0.15) is 5.10 Å². The molecule has 0 aliphatic heterocycles. The van der Waals surface area contributed by atoms with E-state index in [4.69, 9.17) is 27.9 Å². The molecule has 20 heavy (non-hydrogen) atoms. The largest absolute Gasteiger partial charge is 0.383 e. The van der Waals surface area contributed by atoms with E-state index >= 15 is 0 Å². The number of nitrogens with one attached hydrogen (secondary N) is 1. The van der Waals surface area contributed by atoms with E-state index in [2.05, 4.69) is 17.3 Å². The third kappa shape index (κ3) is 3.35. The second-order valence-corrected chi connectivity index (χ2v) is 5.98. The Morgan fingerprint density at radius 1 is 1.45 bits per heavy atom. The average Bonchev–Trinajstić information content (AvgIpc) is 3.01. The molecular formula is C13H17Cl2N3OS. The molecule has 1 atom stereocenters. The zero-order valence-corrected chi connectivity index (χ0v) is 13.7. The molecule has 0 spiro atoms.